The number of nitrogens with two attached hydrogens (primary N) is 1. The second-order valence-corrected chi connectivity index (χ2v) is 5.52. The molecular weight excluding hydrogens is 266 g/mol. The summed E-state index contributed by atoms with van der Waals surface area (Å²) in [4.78, 5) is 22.5. The van der Waals surface area contributed by atoms with Crippen LogP contribution in [0.15, 0.2) is 12.4 Å². The number of carbonyl (C=O) groups excluding carboxylic acids is 2. The van der Waals surface area contributed by atoms with E-state index in [1.165, 1.54) is 10.9 Å². The highest BCUT2D eigenvalue weighted by Crippen LogP contribution is 2.12. The summed E-state index contributed by atoms with van der Waals surface area (Å²) in [6.07, 6.45) is 3.53. The van der Waals surface area contributed by atoms with Gasteiger partial charge in [-0.15, -0.1) is 0 Å². The van der Waals surface area contributed by atoms with Crippen LogP contribution < -0.4 is 16.4 Å². The molecule has 7 nitrogen and oxygen atoms in total. The topological polar surface area (TPSA) is 102 Å². The molecule has 8 heteroatoms. The van der Waals surface area contributed by atoms with Crippen LogP contribution in [0.5, 0.6) is 0 Å². The lowest BCUT2D eigenvalue weighted by Gasteiger charge is -2.22. The highest BCUT2D eigenvalue weighted by Gasteiger charge is 2.17. The molecule has 0 aromatic carbocycles. The molecule has 1 fully saturated rings. The van der Waals surface area contributed by atoms with Gasteiger partial charge in [-0.3, -0.25) is 14.3 Å². The fourth-order valence-electron chi connectivity index (χ4n) is 1.86. The Morgan fingerprint density at radius 2 is 2.47 bits per heavy atom. The summed E-state index contributed by atoms with van der Waals surface area (Å²) < 4.78 is 1.40. The minimum absolute atomic E-state index is 0.0106. The fraction of sp³-hybridized carbons (Fsp3) is 0.545. The molecule has 0 saturated carbocycles. The van der Waals surface area contributed by atoms with E-state index in [4.69, 9.17) is 5.73 Å². The van der Waals surface area contributed by atoms with Gasteiger partial charge in [0.2, 0.25) is 11.8 Å². The largest absolute Gasteiger partial charge is 0.368 e. The number of nitrogens with one attached hydrogen (secondary N) is 2. The summed E-state index contributed by atoms with van der Waals surface area (Å²) in [7, 11) is 0. The average molecular weight is 283 g/mol. The third-order valence-electron chi connectivity index (χ3n) is 2.67. The zero-order valence-corrected chi connectivity index (χ0v) is 11.3. The Balaban J connectivity index is 1.81. The SMILES string of the molecule is NC(=O)Cn1cc(NC(=O)CC2CSCCN2)cn1. The Labute approximate surface area is 115 Å². The molecule has 4 N–H and O–H groups in total. The van der Waals surface area contributed by atoms with Crippen LogP contribution in [0.25, 0.3) is 0 Å². The van der Waals surface area contributed by atoms with Gasteiger partial charge in [-0.25, -0.2) is 0 Å². The van der Waals surface area contributed by atoms with E-state index in [1.54, 1.807) is 6.20 Å². The van der Waals surface area contributed by atoms with Crippen molar-refractivity contribution in [2.24, 2.45) is 5.73 Å². The number of aromatic nitrogens is 2. The van der Waals surface area contributed by atoms with Crippen molar-refractivity contribution in [3.8, 4) is 0 Å². The van der Waals surface area contributed by atoms with Gasteiger partial charge >= 0.3 is 0 Å². The van der Waals surface area contributed by atoms with Crippen molar-refractivity contribution < 1.29 is 9.59 Å². The number of rotatable bonds is 5. The summed E-state index contributed by atoms with van der Waals surface area (Å²) in [6.45, 7) is 0.954. The molecule has 1 aromatic heterocycles. The lowest BCUT2D eigenvalue weighted by atomic mass is 10.2. The van der Waals surface area contributed by atoms with Crippen molar-refractivity contribution in [1.82, 2.24) is 15.1 Å². The van der Waals surface area contributed by atoms with Gasteiger partial charge in [-0.2, -0.15) is 16.9 Å². The first-order valence-electron chi connectivity index (χ1n) is 6.05. The Bertz CT molecular complexity index is 456. The number of amides is 2. The van der Waals surface area contributed by atoms with Crippen molar-refractivity contribution in [3.05, 3.63) is 12.4 Å². The molecule has 1 aliphatic rings. The molecule has 19 heavy (non-hydrogen) atoms. The molecule has 2 heterocycles. The minimum Gasteiger partial charge on any atom is -0.368 e. The maximum atomic E-state index is 11.8. The zero-order chi connectivity index (χ0) is 13.7. The van der Waals surface area contributed by atoms with Crippen LogP contribution in [0.3, 0.4) is 0 Å². The van der Waals surface area contributed by atoms with Crippen LogP contribution >= 0.6 is 11.8 Å². The van der Waals surface area contributed by atoms with Gasteiger partial charge < -0.3 is 16.4 Å². The van der Waals surface area contributed by atoms with E-state index < -0.39 is 5.91 Å². The number of anilines is 1. The second kappa shape index (κ2) is 6.58. The molecule has 1 aromatic rings. The lowest BCUT2D eigenvalue weighted by molar-refractivity contribution is -0.119. The Morgan fingerprint density at radius 1 is 1.63 bits per heavy atom. The quantitative estimate of drug-likeness (QED) is 0.670. The maximum absolute atomic E-state index is 11.8. The molecule has 2 amide bonds. The summed E-state index contributed by atoms with van der Waals surface area (Å²) in [5, 5.41) is 10.0. The summed E-state index contributed by atoms with van der Waals surface area (Å²) in [6, 6.07) is 0.222. The van der Waals surface area contributed by atoms with Gasteiger partial charge in [0.25, 0.3) is 0 Å². The van der Waals surface area contributed by atoms with Gasteiger partial charge in [-0.1, -0.05) is 0 Å². The minimum atomic E-state index is -0.468. The van der Waals surface area contributed by atoms with Crippen LogP contribution in [0.1, 0.15) is 6.42 Å². The number of hydrogen-bond acceptors (Lipinski definition) is 5. The van der Waals surface area contributed by atoms with Crippen molar-refractivity contribution in [1.29, 1.82) is 0 Å². The number of hydrogen-bond donors (Lipinski definition) is 3. The Morgan fingerprint density at radius 3 is 3.16 bits per heavy atom. The summed E-state index contributed by atoms with van der Waals surface area (Å²) in [5.74, 6) is 1.52. The van der Waals surface area contributed by atoms with Crippen LogP contribution in [0.2, 0.25) is 0 Å². The first kappa shape index (κ1) is 13.9. The van der Waals surface area contributed by atoms with Gasteiger partial charge in [0.15, 0.2) is 0 Å². The van der Waals surface area contributed by atoms with Crippen LogP contribution in [0, 0.1) is 0 Å². The monoisotopic (exact) mass is 283 g/mol. The average Bonchev–Trinajstić information content (AvgIpc) is 2.76. The van der Waals surface area contributed by atoms with Crippen LogP contribution in [0.4, 0.5) is 5.69 Å². The molecular formula is C11H17N5O2S. The predicted molar refractivity (Wildman–Crippen MR) is 73.8 cm³/mol. The number of primary amides is 1. The third kappa shape index (κ3) is 4.56. The molecule has 0 spiro atoms. The second-order valence-electron chi connectivity index (χ2n) is 4.37. The lowest BCUT2D eigenvalue weighted by Crippen LogP contribution is -2.39. The maximum Gasteiger partial charge on any atom is 0.239 e. The van der Waals surface area contributed by atoms with E-state index in [2.05, 4.69) is 15.7 Å². The zero-order valence-electron chi connectivity index (χ0n) is 10.5. The molecule has 0 radical (unpaired) electrons. The smallest absolute Gasteiger partial charge is 0.239 e. The number of carbonyl (C=O) groups is 2. The van der Waals surface area contributed by atoms with E-state index >= 15 is 0 Å². The van der Waals surface area contributed by atoms with E-state index in [0.29, 0.717) is 12.1 Å². The summed E-state index contributed by atoms with van der Waals surface area (Å²) >= 11 is 1.85. The Hall–Kier alpha value is -1.54. The van der Waals surface area contributed by atoms with E-state index in [9.17, 15) is 9.59 Å². The van der Waals surface area contributed by atoms with Crippen LogP contribution in [-0.2, 0) is 16.1 Å². The number of thioether (sulfide) groups is 1. The first-order valence-corrected chi connectivity index (χ1v) is 7.20. The Kier molecular flexibility index (Phi) is 4.80. The van der Waals surface area contributed by atoms with Crippen molar-refractivity contribution in [2.75, 3.05) is 23.4 Å². The fourth-order valence-corrected chi connectivity index (χ4v) is 2.81. The third-order valence-corrected chi connectivity index (χ3v) is 3.80. The molecule has 1 atom stereocenters. The molecule has 1 unspecified atom stereocenters. The standard InChI is InChI=1S/C11H17N5O2S/c12-10(17)6-16-5-9(4-14-16)15-11(18)3-8-7-19-2-1-13-8/h4-5,8,13H,1-3,6-7H2,(H2,12,17)(H,15,18). The summed E-state index contributed by atoms with van der Waals surface area (Å²) in [5.41, 5.74) is 5.64. The van der Waals surface area contributed by atoms with Crippen molar-refractivity contribution in [2.45, 2.75) is 19.0 Å². The van der Waals surface area contributed by atoms with Crippen molar-refractivity contribution >= 4 is 29.3 Å². The highest BCUT2D eigenvalue weighted by atomic mass is 32.2. The predicted octanol–water partition coefficient (Wildman–Crippen LogP) is -0.598. The normalized spacial score (nSPS) is 19.1. The number of nitrogens with zero attached hydrogens (tertiary/aromatic N) is 2. The molecule has 1 saturated heterocycles. The highest BCUT2D eigenvalue weighted by molar-refractivity contribution is 7.99. The molecule has 1 aliphatic heterocycles. The van der Waals surface area contributed by atoms with Crippen molar-refractivity contribution in [3.63, 3.8) is 0 Å². The van der Waals surface area contributed by atoms with E-state index in [0.717, 1.165) is 18.1 Å². The first-order chi connectivity index (χ1) is 9.13. The van der Waals surface area contributed by atoms with Gasteiger partial charge in [0.05, 0.1) is 11.9 Å². The molecule has 0 bridgehead atoms. The van der Waals surface area contributed by atoms with Gasteiger partial charge in [-0.05, 0) is 0 Å². The van der Waals surface area contributed by atoms with Crippen LogP contribution in [-0.4, -0.2) is 45.7 Å². The van der Waals surface area contributed by atoms with E-state index in [1.807, 2.05) is 11.8 Å². The van der Waals surface area contributed by atoms with E-state index in [-0.39, 0.29) is 18.5 Å². The molecule has 2 rings (SSSR count). The van der Waals surface area contributed by atoms with Gasteiger partial charge in [0.1, 0.15) is 6.54 Å². The molecule has 104 valence electrons. The van der Waals surface area contributed by atoms with Gasteiger partial charge in [0, 0.05) is 36.7 Å². The molecule has 0 aliphatic carbocycles.